The predicted molar refractivity (Wildman–Crippen MR) is 68.6 cm³/mol. The van der Waals surface area contributed by atoms with Gasteiger partial charge in [-0.3, -0.25) is 4.79 Å². The fourth-order valence-corrected chi connectivity index (χ4v) is 2.46. The first-order chi connectivity index (χ1) is 8.58. The maximum atomic E-state index is 13.6. The summed E-state index contributed by atoms with van der Waals surface area (Å²) in [5.41, 5.74) is 6.16. The largest absolute Gasteiger partial charge is 0.352 e. The monoisotopic (exact) mass is 270 g/mol. The Labute approximate surface area is 111 Å². The zero-order valence-electron chi connectivity index (χ0n) is 9.96. The number of nitrogens with one attached hydrogen (secondary N) is 1. The number of nitrogens with two attached hydrogens (primary N) is 1. The van der Waals surface area contributed by atoms with E-state index in [4.69, 9.17) is 17.3 Å². The summed E-state index contributed by atoms with van der Waals surface area (Å²) < 4.78 is 13.6. The summed E-state index contributed by atoms with van der Waals surface area (Å²) in [6, 6.07) is 4.88. The van der Waals surface area contributed by atoms with E-state index in [1.165, 1.54) is 6.07 Å². The van der Waals surface area contributed by atoms with Gasteiger partial charge in [0.25, 0.3) is 0 Å². The van der Waals surface area contributed by atoms with Crippen molar-refractivity contribution in [2.24, 2.45) is 11.7 Å². The van der Waals surface area contributed by atoms with Crippen LogP contribution in [0, 0.1) is 11.7 Å². The smallest absolute Gasteiger partial charge is 0.223 e. The van der Waals surface area contributed by atoms with Crippen LogP contribution < -0.4 is 11.1 Å². The van der Waals surface area contributed by atoms with Crippen molar-refractivity contribution < 1.29 is 9.18 Å². The minimum Gasteiger partial charge on any atom is -0.352 e. The van der Waals surface area contributed by atoms with Gasteiger partial charge in [-0.1, -0.05) is 23.7 Å². The van der Waals surface area contributed by atoms with Gasteiger partial charge in [0.2, 0.25) is 5.91 Å². The number of rotatable bonds is 3. The lowest BCUT2D eigenvalue weighted by molar-refractivity contribution is -0.125. The van der Waals surface area contributed by atoms with Crippen molar-refractivity contribution in [2.45, 2.75) is 31.8 Å². The number of hydrogen-bond donors (Lipinski definition) is 2. The van der Waals surface area contributed by atoms with E-state index < -0.39 is 5.82 Å². The molecule has 1 amide bonds. The molecule has 0 aromatic heterocycles. The zero-order valence-corrected chi connectivity index (χ0v) is 10.7. The average Bonchev–Trinajstić information content (AvgIpc) is 2.77. The number of benzene rings is 1. The molecular formula is C13H16ClFN2O. The number of carbonyl (C=O) groups excluding carboxylic acids is 1. The minimum absolute atomic E-state index is 0.0396. The van der Waals surface area contributed by atoms with Crippen LogP contribution in [0.4, 0.5) is 4.39 Å². The molecule has 2 atom stereocenters. The molecule has 3 N–H and O–H groups in total. The number of hydrogen-bond acceptors (Lipinski definition) is 2. The van der Waals surface area contributed by atoms with E-state index in [-0.39, 0.29) is 29.4 Å². The van der Waals surface area contributed by atoms with Gasteiger partial charge >= 0.3 is 0 Å². The summed E-state index contributed by atoms with van der Waals surface area (Å²) in [5, 5.41) is 2.81. The SMILES string of the molecule is N[C@@H]1CC[C@H](C(=O)NCc2cccc(Cl)c2F)C1. The zero-order chi connectivity index (χ0) is 13.1. The Morgan fingerprint density at radius 2 is 2.28 bits per heavy atom. The van der Waals surface area contributed by atoms with Crippen molar-refractivity contribution in [1.82, 2.24) is 5.32 Å². The molecule has 1 aromatic rings. The molecule has 0 aliphatic heterocycles. The Morgan fingerprint density at radius 3 is 2.94 bits per heavy atom. The summed E-state index contributed by atoms with van der Waals surface area (Å²) in [4.78, 5) is 11.8. The highest BCUT2D eigenvalue weighted by atomic mass is 35.5. The fourth-order valence-electron chi connectivity index (χ4n) is 2.27. The maximum absolute atomic E-state index is 13.6. The van der Waals surface area contributed by atoms with Gasteiger partial charge in [-0.2, -0.15) is 0 Å². The standard InChI is InChI=1S/C13H16ClFN2O/c14-11-3-1-2-9(12(11)15)7-17-13(18)8-4-5-10(16)6-8/h1-3,8,10H,4-7,16H2,(H,17,18)/t8-,10+/m0/s1. The first-order valence-electron chi connectivity index (χ1n) is 6.04. The molecule has 98 valence electrons. The van der Waals surface area contributed by atoms with E-state index in [0.717, 1.165) is 12.8 Å². The van der Waals surface area contributed by atoms with Gasteiger partial charge in [-0.25, -0.2) is 4.39 Å². The van der Waals surface area contributed by atoms with Crippen LogP contribution in [0.15, 0.2) is 18.2 Å². The summed E-state index contributed by atoms with van der Waals surface area (Å²) in [5.74, 6) is -0.563. The van der Waals surface area contributed by atoms with Crippen molar-refractivity contribution in [3.05, 3.63) is 34.6 Å². The topological polar surface area (TPSA) is 55.1 Å². The molecule has 0 heterocycles. The molecule has 0 radical (unpaired) electrons. The minimum atomic E-state index is -0.470. The lowest BCUT2D eigenvalue weighted by Crippen LogP contribution is -2.30. The molecule has 0 spiro atoms. The number of halogens is 2. The lowest BCUT2D eigenvalue weighted by Gasteiger charge is -2.11. The third-order valence-electron chi connectivity index (χ3n) is 3.33. The first-order valence-corrected chi connectivity index (χ1v) is 6.42. The van der Waals surface area contributed by atoms with Gasteiger partial charge in [-0.15, -0.1) is 0 Å². The van der Waals surface area contributed by atoms with E-state index in [1.54, 1.807) is 12.1 Å². The molecule has 1 aromatic carbocycles. The molecule has 18 heavy (non-hydrogen) atoms. The summed E-state index contributed by atoms with van der Waals surface area (Å²) in [6.45, 7) is 0.164. The van der Waals surface area contributed by atoms with Gasteiger partial charge in [-0.05, 0) is 25.3 Å². The Kier molecular flexibility index (Phi) is 4.19. The molecule has 2 rings (SSSR count). The van der Waals surface area contributed by atoms with Crippen LogP contribution in [0.2, 0.25) is 5.02 Å². The Hall–Kier alpha value is -1.13. The highest BCUT2D eigenvalue weighted by molar-refractivity contribution is 6.30. The van der Waals surface area contributed by atoms with Crippen molar-refractivity contribution in [2.75, 3.05) is 0 Å². The summed E-state index contributed by atoms with van der Waals surface area (Å²) >= 11 is 5.67. The molecule has 1 saturated carbocycles. The normalized spacial score (nSPS) is 23.1. The van der Waals surface area contributed by atoms with Crippen LogP contribution in [-0.2, 0) is 11.3 Å². The van der Waals surface area contributed by atoms with E-state index >= 15 is 0 Å². The second kappa shape index (κ2) is 5.67. The Bertz CT molecular complexity index is 453. The van der Waals surface area contributed by atoms with Crippen LogP contribution >= 0.6 is 11.6 Å². The maximum Gasteiger partial charge on any atom is 0.223 e. The molecular weight excluding hydrogens is 255 g/mol. The van der Waals surface area contributed by atoms with E-state index in [0.29, 0.717) is 12.0 Å². The van der Waals surface area contributed by atoms with E-state index in [1.807, 2.05) is 0 Å². The highest BCUT2D eigenvalue weighted by Crippen LogP contribution is 2.24. The van der Waals surface area contributed by atoms with Crippen molar-refractivity contribution in [1.29, 1.82) is 0 Å². The molecule has 5 heteroatoms. The third-order valence-corrected chi connectivity index (χ3v) is 3.62. The molecule has 0 bridgehead atoms. The Morgan fingerprint density at radius 1 is 1.50 bits per heavy atom. The molecule has 1 aliphatic carbocycles. The van der Waals surface area contributed by atoms with E-state index in [9.17, 15) is 9.18 Å². The second-order valence-corrected chi connectivity index (χ2v) is 5.11. The molecule has 1 aliphatic rings. The quantitative estimate of drug-likeness (QED) is 0.885. The number of amides is 1. The first kappa shape index (κ1) is 13.3. The van der Waals surface area contributed by atoms with Crippen molar-refractivity contribution in [3.63, 3.8) is 0 Å². The lowest BCUT2D eigenvalue weighted by atomic mass is 10.1. The van der Waals surface area contributed by atoms with Gasteiger partial charge in [0.15, 0.2) is 0 Å². The Balaban J connectivity index is 1.91. The summed E-state index contributed by atoms with van der Waals surface area (Å²) in [7, 11) is 0. The van der Waals surface area contributed by atoms with E-state index in [2.05, 4.69) is 5.32 Å². The number of carbonyl (C=O) groups is 1. The molecule has 1 fully saturated rings. The average molecular weight is 271 g/mol. The molecule has 0 unspecified atom stereocenters. The third kappa shape index (κ3) is 3.00. The van der Waals surface area contributed by atoms with Gasteiger partial charge < -0.3 is 11.1 Å². The van der Waals surface area contributed by atoms with Crippen molar-refractivity contribution >= 4 is 17.5 Å². The van der Waals surface area contributed by atoms with Crippen molar-refractivity contribution in [3.8, 4) is 0 Å². The highest BCUT2D eigenvalue weighted by Gasteiger charge is 2.27. The molecule has 0 saturated heterocycles. The van der Waals surface area contributed by atoms with Crippen LogP contribution in [-0.4, -0.2) is 11.9 Å². The van der Waals surface area contributed by atoms with Gasteiger partial charge in [0.05, 0.1) is 5.02 Å². The predicted octanol–water partition coefficient (Wildman–Crippen LogP) is 2.22. The van der Waals surface area contributed by atoms with Crippen LogP contribution in [0.5, 0.6) is 0 Å². The van der Waals surface area contributed by atoms with Crippen LogP contribution in [0.3, 0.4) is 0 Å². The van der Waals surface area contributed by atoms with Gasteiger partial charge in [0, 0.05) is 24.1 Å². The second-order valence-electron chi connectivity index (χ2n) is 4.70. The van der Waals surface area contributed by atoms with Gasteiger partial charge in [0.1, 0.15) is 5.82 Å². The van der Waals surface area contributed by atoms with Crippen LogP contribution in [0.1, 0.15) is 24.8 Å². The van der Waals surface area contributed by atoms with Crippen LogP contribution in [0.25, 0.3) is 0 Å². The summed E-state index contributed by atoms with van der Waals surface area (Å²) in [6.07, 6.45) is 2.40. The molecule has 3 nitrogen and oxygen atoms in total. The fraction of sp³-hybridized carbons (Fsp3) is 0.462.